The van der Waals surface area contributed by atoms with E-state index in [-0.39, 0.29) is 5.69 Å². The molecule has 90 valence electrons. The minimum Gasteiger partial charge on any atom is -0.305 e. The van der Waals surface area contributed by atoms with Crippen LogP contribution < -0.4 is 5.69 Å². The molecule has 0 bridgehead atoms. The lowest BCUT2D eigenvalue weighted by Gasteiger charge is -2.09. The standard InChI is InChI=1S/C12H13BrN2OS/c13-9-1-2-11-10(5-9)14-12(16)15(11)6-8-3-4-17-7-8/h1-2,5,8H,3-4,6-7H2,(H,14,16). The van der Waals surface area contributed by atoms with Crippen LogP contribution in [0.5, 0.6) is 0 Å². The van der Waals surface area contributed by atoms with E-state index in [9.17, 15) is 4.79 Å². The molecule has 1 aromatic carbocycles. The third-order valence-corrected chi connectivity index (χ3v) is 4.93. The molecule has 1 unspecified atom stereocenters. The molecule has 2 heterocycles. The van der Waals surface area contributed by atoms with Gasteiger partial charge in [-0.3, -0.25) is 4.57 Å². The normalized spacial score (nSPS) is 20.2. The van der Waals surface area contributed by atoms with E-state index in [1.807, 2.05) is 34.5 Å². The average Bonchev–Trinajstić information content (AvgIpc) is 2.88. The minimum atomic E-state index is 0.00926. The van der Waals surface area contributed by atoms with Crippen LogP contribution in [0.4, 0.5) is 0 Å². The van der Waals surface area contributed by atoms with E-state index in [1.165, 1.54) is 17.9 Å². The summed E-state index contributed by atoms with van der Waals surface area (Å²) in [7, 11) is 0. The van der Waals surface area contributed by atoms with E-state index in [4.69, 9.17) is 0 Å². The maximum atomic E-state index is 11.9. The SMILES string of the molecule is O=c1[nH]c2cc(Br)ccc2n1CC1CCSC1. The maximum Gasteiger partial charge on any atom is 0.326 e. The first-order chi connectivity index (χ1) is 8.24. The van der Waals surface area contributed by atoms with Crippen LogP contribution in [0, 0.1) is 5.92 Å². The molecule has 0 saturated carbocycles. The summed E-state index contributed by atoms with van der Waals surface area (Å²) in [5.74, 6) is 3.04. The molecule has 1 aromatic heterocycles. The van der Waals surface area contributed by atoms with Gasteiger partial charge in [0.05, 0.1) is 11.0 Å². The molecule has 1 atom stereocenters. The summed E-state index contributed by atoms with van der Waals surface area (Å²) in [6, 6.07) is 5.94. The van der Waals surface area contributed by atoms with E-state index in [0.29, 0.717) is 5.92 Å². The first-order valence-electron chi connectivity index (χ1n) is 5.70. The van der Waals surface area contributed by atoms with Crippen molar-refractivity contribution in [3.05, 3.63) is 33.2 Å². The molecular formula is C12H13BrN2OS. The highest BCUT2D eigenvalue weighted by Crippen LogP contribution is 2.25. The largest absolute Gasteiger partial charge is 0.326 e. The molecule has 1 aliphatic rings. The maximum absolute atomic E-state index is 11.9. The van der Waals surface area contributed by atoms with Crippen LogP contribution in [0.1, 0.15) is 6.42 Å². The highest BCUT2D eigenvalue weighted by molar-refractivity contribution is 9.10. The van der Waals surface area contributed by atoms with E-state index in [2.05, 4.69) is 20.9 Å². The van der Waals surface area contributed by atoms with Crippen molar-refractivity contribution in [2.75, 3.05) is 11.5 Å². The van der Waals surface area contributed by atoms with Gasteiger partial charge in [0.2, 0.25) is 0 Å². The lowest BCUT2D eigenvalue weighted by Crippen LogP contribution is -2.21. The van der Waals surface area contributed by atoms with Crippen LogP contribution in [0.25, 0.3) is 11.0 Å². The Balaban J connectivity index is 2.02. The number of nitrogens with one attached hydrogen (secondary N) is 1. The van der Waals surface area contributed by atoms with E-state index in [0.717, 1.165) is 22.1 Å². The predicted octanol–water partition coefficient (Wildman–Crippen LogP) is 2.85. The monoisotopic (exact) mass is 312 g/mol. The van der Waals surface area contributed by atoms with Crippen molar-refractivity contribution in [2.45, 2.75) is 13.0 Å². The van der Waals surface area contributed by atoms with Gasteiger partial charge in [-0.15, -0.1) is 0 Å². The molecule has 0 spiro atoms. The highest BCUT2D eigenvalue weighted by Gasteiger charge is 2.18. The Morgan fingerprint density at radius 2 is 2.41 bits per heavy atom. The molecule has 17 heavy (non-hydrogen) atoms. The van der Waals surface area contributed by atoms with Crippen molar-refractivity contribution in [1.29, 1.82) is 0 Å². The van der Waals surface area contributed by atoms with Crippen molar-refractivity contribution in [1.82, 2.24) is 9.55 Å². The van der Waals surface area contributed by atoms with Gasteiger partial charge in [0, 0.05) is 11.0 Å². The van der Waals surface area contributed by atoms with Gasteiger partial charge in [0.15, 0.2) is 0 Å². The number of H-pyrrole nitrogens is 1. The number of hydrogen-bond acceptors (Lipinski definition) is 2. The summed E-state index contributed by atoms with van der Waals surface area (Å²) in [4.78, 5) is 14.8. The van der Waals surface area contributed by atoms with E-state index in [1.54, 1.807) is 0 Å². The van der Waals surface area contributed by atoms with Crippen LogP contribution in [-0.4, -0.2) is 21.1 Å². The fraction of sp³-hybridized carbons (Fsp3) is 0.417. The molecule has 0 aliphatic carbocycles. The number of aromatic nitrogens is 2. The third-order valence-electron chi connectivity index (χ3n) is 3.20. The van der Waals surface area contributed by atoms with Crippen molar-refractivity contribution in [3.63, 3.8) is 0 Å². The minimum absolute atomic E-state index is 0.00926. The summed E-state index contributed by atoms with van der Waals surface area (Å²) >= 11 is 5.40. The molecule has 2 aromatic rings. The number of nitrogens with zero attached hydrogens (tertiary/aromatic N) is 1. The zero-order chi connectivity index (χ0) is 11.8. The topological polar surface area (TPSA) is 37.8 Å². The second-order valence-corrected chi connectivity index (χ2v) is 6.50. The Bertz CT molecular complexity index is 598. The molecule has 3 nitrogen and oxygen atoms in total. The van der Waals surface area contributed by atoms with Gasteiger partial charge in [-0.2, -0.15) is 11.8 Å². The predicted molar refractivity (Wildman–Crippen MR) is 75.7 cm³/mol. The van der Waals surface area contributed by atoms with Gasteiger partial charge in [-0.05, 0) is 42.0 Å². The Kier molecular flexibility index (Phi) is 3.04. The number of rotatable bonds is 2. The Morgan fingerprint density at radius 1 is 1.53 bits per heavy atom. The van der Waals surface area contributed by atoms with Gasteiger partial charge in [-0.25, -0.2) is 4.79 Å². The van der Waals surface area contributed by atoms with E-state index < -0.39 is 0 Å². The van der Waals surface area contributed by atoms with Gasteiger partial charge in [0.25, 0.3) is 0 Å². The van der Waals surface area contributed by atoms with Gasteiger partial charge < -0.3 is 4.98 Å². The summed E-state index contributed by atoms with van der Waals surface area (Å²) in [5, 5.41) is 0. The molecule has 1 fully saturated rings. The third kappa shape index (κ3) is 2.18. The molecular weight excluding hydrogens is 300 g/mol. The smallest absolute Gasteiger partial charge is 0.305 e. The van der Waals surface area contributed by atoms with Crippen molar-refractivity contribution in [2.24, 2.45) is 5.92 Å². The molecule has 1 N–H and O–H groups in total. The summed E-state index contributed by atoms with van der Waals surface area (Å²) in [6.45, 7) is 0.841. The molecule has 1 aliphatic heterocycles. The van der Waals surface area contributed by atoms with E-state index >= 15 is 0 Å². The fourth-order valence-electron chi connectivity index (χ4n) is 2.30. The first-order valence-corrected chi connectivity index (χ1v) is 7.64. The lowest BCUT2D eigenvalue weighted by atomic mass is 10.1. The van der Waals surface area contributed by atoms with Gasteiger partial charge >= 0.3 is 5.69 Å². The fourth-order valence-corrected chi connectivity index (χ4v) is 3.94. The summed E-state index contributed by atoms with van der Waals surface area (Å²) in [5.41, 5.74) is 1.93. The highest BCUT2D eigenvalue weighted by atomic mass is 79.9. The second kappa shape index (κ2) is 4.53. The number of benzene rings is 1. The van der Waals surface area contributed by atoms with Crippen molar-refractivity contribution < 1.29 is 0 Å². The van der Waals surface area contributed by atoms with Crippen LogP contribution in [-0.2, 0) is 6.54 Å². The average molecular weight is 313 g/mol. The number of aromatic amines is 1. The Morgan fingerprint density at radius 3 is 3.18 bits per heavy atom. The lowest BCUT2D eigenvalue weighted by molar-refractivity contribution is 0.492. The quantitative estimate of drug-likeness (QED) is 0.926. The summed E-state index contributed by atoms with van der Waals surface area (Å²) < 4.78 is 2.87. The van der Waals surface area contributed by atoms with Gasteiger partial charge in [-0.1, -0.05) is 15.9 Å². The Labute approximate surface area is 112 Å². The molecule has 1 saturated heterocycles. The summed E-state index contributed by atoms with van der Waals surface area (Å²) in [6.07, 6.45) is 1.22. The first kappa shape index (κ1) is 11.4. The zero-order valence-corrected chi connectivity index (χ0v) is 11.7. The van der Waals surface area contributed by atoms with Crippen LogP contribution >= 0.6 is 27.7 Å². The number of thioether (sulfide) groups is 1. The Hall–Kier alpha value is -0.680. The second-order valence-electron chi connectivity index (χ2n) is 4.43. The van der Waals surface area contributed by atoms with Crippen molar-refractivity contribution >= 4 is 38.7 Å². The molecule has 5 heteroatoms. The van der Waals surface area contributed by atoms with Crippen molar-refractivity contribution in [3.8, 4) is 0 Å². The zero-order valence-electron chi connectivity index (χ0n) is 9.28. The molecule has 3 rings (SSSR count). The number of hydrogen-bond donors (Lipinski definition) is 1. The number of fused-ring (bicyclic) bond motifs is 1. The number of halogens is 1. The number of imidazole rings is 1. The van der Waals surface area contributed by atoms with Gasteiger partial charge in [0.1, 0.15) is 0 Å². The van der Waals surface area contributed by atoms with Crippen LogP contribution in [0.3, 0.4) is 0 Å². The van der Waals surface area contributed by atoms with Crippen LogP contribution in [0.15, 0.2) is 27.5 Å². The molecule has 0 radical (unpaired) electrons. The van der Waals surface area contributed by atoms with Crippen LogP contribution in [0.2, 0.25) is 0 Å². The molecule has 0 amide bonds.